The molecule has 0 heterocycles. The van der Waals surface area contributed by atoms with Crippen LogP contribution in [0.25, 0.3) is 0 Å². The molecule has 0 aliphatic heterocycles. The Morgan fingerprint density at radius 1 is 1.20 bits per heavy atom. The van der Waals surface area contributed by atoms with Gasteiger partial charge in [0.05, 0.1) is 0 Å². The third-order valence-electron chi connectivity index (χ3n) is 5.32. The van der Waals surface area contributed by atoms with Gasteiger partial charge in [-0.15, -0.1) is 0 Å². The molecule has 3 atom stereocenters. The lowest BCUT2D eigenvalue weighted by Gasteiger charge is -2.43. The number of benzene rings is 1. The van der Waals surface area contributed by atoms with E-state index < -0.39 is 0 Å². The minimum atomic E-state index is 0.290. The minimum Gasteiger partial charge on any atom is -0.327 e. The maximum atomic E-state index is 6.48. The van der Waals surface area contributed by atoms with Crippen LogP contribution in [0, 0.1) is 31.1 Å². The van der Waals surface area contributed by atoms with Crippen molar-refractivity contribution >= 4 is 0 Å². The highest BCUT2D eigenvalue weighted by atomic mass is 14.7. The molecule has 0 bridgehead atoms. The van der Waals surface area contributed by atoms with Crippen LogP contribution in [0.3, 0.4) is 0 Å². The maximum absolute atomic E-state index is 6.48. The van der Waals surface area contributed by atoms with Gasteiger partial charge < -0.3 is 5.73 Å². The van der Waals surface area contributed by atoms with Crippen molar-refractivity contribution in [3.63, 3.8) is 0 Å². The fourth-order valence-electron chi connectivity index (χ4n) is 4.01. The predicted molar refractivity (Wildman–Crippen MR) is 87.9 cm³/mol. The van der Waals surface area contributed by atoms with E-state index in [2.05, 4.69) is 52.8 Å². The van der Waals surface area contributed by atoms with Crippen LogP contribution in [0.1, 0.15) is 56.7 Å². The summed E-state index contributed by atoms with van der Waals surface area (Å²) in [4.78, 5) is 0. The molecule has 1 nitrogen and oxygen atoms in total. The summed E-state index contributed by atoms with van der Waals surface area (Å²) in [6.45, 7) is 11.6. The van der Waals surface area contributed by atoms with Gasteiger partial charge in [-0.2, -0.15) is 0 Å². The van der Waals surface area contributed by atoms with Crippen molar-refractivity contribution in [2.75, 3.05) is 0 Å². The zero-order valence-electron chi connectivity index (χ0n) is 13.9. The van der Waals surface area contributed by atoms with E-state index in [-0.39, 0.29) is 5.41 Å². The van der Waals surface area contributed by atoms with Gasteiger partial charge in [-0.05, 0) is 61.5 Å². The predicted octanol–water partition coefficient (Wildman–Crippen LogP) is 4.64. The first-order chi connectivity index (χ1) is 9.29. The second-order valence-electron chi connectivity index (χ2n) is 7.78. The van der Waals surface area contributed by atoms with Crippen molar-refractivity contribution < 1.29 is 0 Å². The van der Waals surface area contributed by atoms with Gasteiger partial charge in [0.1, 0.15) is 0 Å². The van der Waals surface area contributed by atoms with Crippen LogP contribution < -0.4 is 5.73 Å². The summed E-state index contributed by atoms with van der Waals surface area (Å²) in [6, 6.07) is 7.19. The van der Waals surface area contributed by atoms with Crippen LogP contribution in [0.2, 0.25) is 0 Å². The first-order valence-corrected chi connectivity index (χ1v) is 8.11. The van der Waals surface area contributed by atoms with E-state index in [1.165, 1.54) is 36.0 Å². The van der Waals surface area contributed by atoms with E-state index in [0.29, 0.717) is 12.0 Å². The summed E-state index contributed by atoms with van der Waals surface area (Å²) < 4.78 is 0. The summed E-state index contributed by atoms with van der Waals surface area (Å²) in [5.41, 5.74) is 11.0. The lowest BCUT2D eigenvalue weighted by atomic mass is 9.64. The Kier molecular flexibility index (Phi) is 4.59. The standard InChI is InChI=1S/C19H31N/c1-13-6-8-15(3)16(10-13)12-19(4,5)17-9-7-14(2)11-18(17)20/h6,8,10,14,17-18H,7,9,11-12,20H2,1-5H3. The molecule has 0 aromatic heterocycles. The molecule has 1 aliphatic carbocycles. The molecule has 0 amide bonds. The molecule has 0 radical (unpaired) electrons. The molecule has 1 aliphatic rings. The zero-order valence-corrected chi connectivity index (χ0v) is 13.9. The molecule has 20 heavy (non-hydrogen) atoms. The fourth-order valence-corrected chi connectivity index (χ4v) is 4.01. The molecule has 1 fully saturated rings. The molecule has 0 saturated heterocycles. The normalized spacial score (nSPS) is 27.6. The summed E-state index contributed by atoms with van der Waals surface area (Å²) in [5.74, 6) is 1.45. The smallest absolute Gasteiger partial charge is 0.00749 e. The van der Waals surface area contributed by atoms with Gasteiger partial charge >= 0.3 is 0 Å². The molecular weight excluding hydrogens is 242 g/mol. The van der Waals surface area contributed by atoms with Crippen LogP contribution in [0.5, 0.6) is 0 Å². The molecule has 2 N–H and O–H groups in total. The number of nitrogens with two attached hydrogens (primary N) is 1. The molecular formula is C19H31N. The maximum Gasteiger partial charge on any atom is 0.00749 e. The number of hydrogen-bond donors (Lipinski definition) is 1. The van der Waals surface area contributed by atoms with Crippen molar-refractivity contribution in [3.05, 3.63) is 34.9 Å². The fraction of sp³-hybridized carbons (Fsp3) is 0.684. The van der Waals surface area contributed by atoms with E-state index in [1.54, 1.807) is 0 Å². The van der Waals surface area contributed by atoms with Crippen LogP contribution in [-0.4, -0.2) is 6.04 Å². The molecule has 1 aromatic carbocycles. The van der Waals surface area contributed by atoms with Crippen molar-refractivity contribution in [2.45, 2.75) is 66.3 Å². The Morgan fingerprint density at radius 2 is 1.90 bits per heavy atom. The van der Waals surface area contributed by atoms with Gasteiger partial charge in [0.15, 0.2) is 0 Å². The van der Waals surface area contributed by atoms with Crippen molar-refractivity contribution in [3.8, 4) is 0 Å². The average Bonchev–Trinajstić information content (AvgIpc) is 2.33. The lowest BCUT2D eigenvalue weighted by molar-refractivity contribution is 0.113. The summed E-state index contributed by atoms with van der Waals surface area (Å²) in [7, 11) is 0. The van der Waals surface area contributed by atoms with Crippen molar-refractivity contribution in [1.82, 2.24) is 0 Å². The summed E-state index contributed by atoms with van der Waals surface area (Å²) in [5, 5.41) is 0. The number of aryl methyl sites for hydroxylation is 2. The molecule has 2 rings (SSSR count). The minimum absolute atomic E-state index is 0.290. The Labute approximate surface area is 125 Å². The molecule has 112 valence electrons. The summed E-state index contributed by atoms with van der Waals surface area (Å²) >= 11 is 0. The van der Waals surface area contributed by atoms with E-state index >= 15 is 0 Å². The Bertz CT molecular complexity index is 461. The Balaban J connectivity index is 2.16. The number of rotatable bonds is 3. The monoisotopic (exact) mass is 273 g/mol. The van der Waals surface area contributed by atoms with Gasteiger partial charge in [0, 0.05) is 6.04 Å². The third-order valence-corrected chi connectivity index (χ3v) is 5.32. The van der Waals surface area contributed by atoms with E-state index in [1.807, 2.05) is 0 Å². The highest BCUT2D eigenvalue weighted by Gasteiger charge is 2.37. The first-order valence-electron chi connectivity index (χ1n) is 8.11. The van der Waals surface area contributed by atoms with E-state index in [0.717, 1.165) is 12.3 Å². The third kappa shape index (κ3) is 3.44. The largest absolute Gasteiger partial charge is 0.327 e. The van der Waals surface area contributed by atoms with Gasteiger partial charge in [0.25, 0.3) is 0 Å². The topological polar surface area (TPSA) is 26.0 Å². The molecule has 1 aromatic rings. The average molecular weight is 273 g/mol. The van der Waals surface area contributed by atoms with Gasteiger partial charge in [-0.25, -0.2) is 0 Å². The Morgan fingerprint density at radius 3 is 2.55 bits per heavy atom. The van der Waals surface area contributed by atoms with Crippen LogP contribution in [-0.2, 0) is 6.42 Å². The van der Waals surface area contributed by atoms with Gasteiger partial charge in [-0.1, -0.05) is 51.0 Å². The summed E-state index contributed by atoms with van der Waals surface area (Å²) in [6.07, 6.45) is 4.98. The zero-order chi connectivity index (χ0) is 14.9. The van der Waals surface area contributed by atoms with Crippen LogP contribution >= 0.6 is 0 Å². The quantitative estimate of drug-likeness (QED) is 0.853. The van der Waals surface area contributed by atoms with Gasteiger partial charge in [-0.3, -0.25) is 0 Å². The molecule has 0 spiro atoms. The molecule has 3 unspecified atom stereocenters. The van der Waals surface area contributed by atoms with E-state index in [9.17, 15) is 0 Å². The molecule has 1 heteroatoms. The van der Waals surface area contributed by atoms with Crippen molar-refractivity contribution in [2.24, 2.45) is 23.0 Å². The molecule has 1 saturated carbocycles. The highest BCUT2D eigenvalue weighted by Crippen LogP contribution is 2.41. The lowest BCUT2D eigenvalue weighted by Crippen LogP contribution is -2.44. The van der Waals surface area contributed by atoms with Crippen molar-refractivity contribution in [1.29, 1.82) is 0 Å². The second-order valence-corrected chi connectivity index (χ2v) is 7.78. The van der Waals surface area contributed by atoms with Crippen LogP contribution in [0.15, 0.2) is 18.2 Å². The van der Waals surface area contributed by atoms with Crippen LogP contribution in [0.4, 0.5) is 0 Å². The Hall–Kier alpha value is -0.820. The second kappa shape index (κ2) is 5.89. The van der Waals surface area contributed by atoms with E-state index in [4.69, 9.17) is 5.73 Å². The van der Waals surface area contributed by atoms with Gasteiger partial charge in [0.2, 0.25) is 0 Å². The number of hydrogen-bond acceptors (Lipinski definition) is 1. The first kappa shape index (κ1) is 15.6. The highest BCUT2D eigenvalue weighted by molar-refractivity contribution is 5.31. The SMILES string of the molecule is Cc1ccc(C)c(CC(C)(C)C2CCC(C)CC2N)c1.